The summed E-state index contributed by atoms with van der Waals surface area (Å²) in [5, 5.41) is 6.19. The van der Waals surface area contributed by atoms with Crippen molar-refractivity contribution in [3.05, 3.63) is 63.7 Å². The van der Waals surface area contributed by atoms with E-state index < -0.39 is 11.8 Å². The molecule has 33 heavy (non-hydrogen) atoms. The number of rotatable bonds is 4. The topological polar surface area (TPSA) is 87.0 Å². The minimum atomic E-state index is -0.644. The van der Waals surface area contributed by atoms with Crippen molar-refractivity contribution in [2.45, 2.75) is 33.7 Å². The van der Waals surface area contributed by atoms with E-state index in [4.69, 9.17) is 4.74 Å². The van der Waals surface area contributed by atoms with Gasteiger partial charge < -0.3 is 14.1 Å². The van der Waals surface area contributed by atoms with Crippen LogP contribution < -0.4 is 15.3 Å². The van der Waals surface area contributed by atoms with Crippen LogP contribution in [0.5, 0.6) is 5.75 Å². The van der Waals surface area contributed by atoms with E-state index in [0.29, 0.717) is 29.8 Å². The Labute approximate surface area is 189 Å². The van der Waals surface area contributed by atoms with E-state index >= 15 is 0 Å². The van der Waals surface area contributed by atoms with E-state index in [2.05, 4.69) is 20.6 Å². The molecule has 1 aliphatic heterocycles. The quantitative estimate of drug-likeness (QED) is 0.352. The molecule has 2 heterocycles. The van der Waals surface area contributed by atoms with Gasteiger partial charge in [0.25, 0.3) is 5.78 Å². The first kappa shape index (κ1) is 20.9. The molecule has 0 N–H and O–H groups in total. The van der Waals surface area contributed by atoms with E-state index in [1.165, 1.54) is 6.92 Å². The first-order chi connectivity index (χ1) is 15.9. The highest BCUT2D eigenvalue weighted by molar-refractivity contribution is 6.47. The number of fused-ring (bicyclic) bond motifs is 5. The Balaban J connectivity index is 1.70. The van der Waals surface area contributed by atoms with Crippen molar-refractivity contribution in [2.24, 2.45) is 11.1 Å². The zero-order valence-corrected chi connectivity index (χ0v) is 18.5. The molecule has 3 aromatic rings. The molecular formula is C26H22N2O5. The van der Waals surface area contributed by atoms with Gasteiger partial charge in [0.1, 0.15) is 0 Å². The smallest absolute Gasteiger partial charge is 0.332 e. The summed E-state index contributed by atoms with van der Waals surface area (Å²) in [5.41, 5.74) is 2.91. The number of aryl methyl sites for hydroxylation is 2. The molecule has 5 rings (SSSR count). The number of hydrogen-bond acceptors (Lipinski definition) is 6. The minimum absolute atomic E-state index is 0.0640. The van der Waals surface area contributed by atoms with Crippen LogP contribution in [0.3, 0.4) is 0 Å². The molecule has 0 spiro atoms. The number of Topliss-reactive ketones (excluding diaryl/α,β-unsaturated/α-hetero) is 2. The molecular weight excluding hydrogens is 420 g/mol. The third-order valence-electron chi connectivity index (χ3n) is 6.15. The van der Waals surface area contributed by atoms with Crippen molar-refractivity contribution in [1.82, 2.24) is 4.57 Å². The summed E-state index contributed by atoms with van der Waals surface area (Å²) in [5.74, 6) is -1.25. The Bertz CT molecular complexity index is 1510. The predicted molar refractivity (Wildman–Crippen MR) is 124 cm³/mol. The molecule has 1 aromatic heterocycles. The largest absolute Gasteiger partial charge is 0.432 e. The van der Waals surface area contributed by atoms with Crippen molar-refractivity contribution in [2.75, 3.05) is 0 Å². The monoisotopic (exact) mass is 442 g/mol. The maximum atomic E-state index is 13.3. The van der Waals surface area contributed by atoms with Gasteiger partial charge in [-0.1, -0.05) is 36.4 Å². The fraction of sp³-hybridized carbons (Fsp3) is 0.231. The summed E-state index contributed by atoms with van der Waals surface area (Å²) in [6.45, 7) is 5.89. The lowest BCUT2D eigenvalue weighted by molar-refractivity contribution is -0.141. The molecule has 166 valence electrons. The fourth-order valence-corrected chi connectivity index (χ4v) is 4.64. The Morgan fingerprint density at radius 3 is 2.73 bits per heavy atom. The Morgan fingerprint density at radius 1 is 1.21 bits per heavy atom. The third kappa shape index (κ3) is 3.28. The van der Waals surface area contributed by atoms with Gasteiger partial charge in [0.05, 0.1) is 16.5 Å². The summed E-state index contributed by atoms with van der Waals surface area (Å²) in [4.78, 5) is 41.8. The van der Waals surface area contributed by atoms with Crippen molar-refractivity contribution in [1.29, 1.82) is 0 Å². The molecule has 0 bridgehead atoms. The van der Waals surface area contributed by atoms with Gasteiger partial charge in [-0.25, -0.2) is 4.79 Å². The molecule has 0 saturated heterocycles. The normalized spacial score (nSPS) is 17.7. The molecule has 7 heteroatoms. The molecule has 1 atom stereocenters. The molecule has 0 fully saturated rings. The highest BCUT2D eigenvalue weighted by Gasteiger charge is 2.34. The van der Waals surface area contributed by atoms with Crippen molar-refractivity contribution in [3.63, 3.8) is 0 Å². The molecule has 0 saturated carbocycles. The van der Waals surface area contributed by atoms with Crippen LogP contribution in [0.2, 0.25) is 0 Å². The van der Waals surface area contributed by atoms with E-state index in [-0.39, 0.29) is 17.6 Å². The molecule has 0 radical (unpaired) electrons. The molecule has 2 aromatic carbocycles. The van der Waals surface area contributed by atoms with Crippen LogP contribution >= 0.6 is 0 Å². The highest BCUT2D eigenvalue weighted by atomic mass is 16.7. The van der Waals surface area contributed by atoms with E-state index in [1.807, 2.05) is 50.3 Å². The summed E-state index contributed by atoms with van der Waals surface area (Å²) in [6, 6.07) is 11.2. The molecule has 2 aliphatic rings. The van der Waals surface area contributed by atoms with Crippen LogP contribution in [-0.2, 0) is 16.2 Å². The Kier molecular flexibility index (Phi) is 4.96. The standard InChI is InChI=1S/C26H22N2O5/c1-4-28-20-11-9-16(23(30)17-8-6-5-7-14(17)2)13-19(20)22-21(28)12-10-18-24(31)26(32-25(18)22)27-33-15(3)29/h5-8,10-13,16H,4,9H2,1-3H3/b27-26+. The lowest BCUT2D eigenvalue weighted by Gasteiger charge is -2.14. The van der Waals surface area contributed by atoms with E-state index in [1.54, 1.807) is 6.07 Å². The van der Waals surface area contributed by atoms with Gasteiger partial charge in [0.2, 0.25) is 0 Å². The minimum Gasteiger partial charge on any atom is -0.432 e. The van der Waals surface area contributed by atoms with Gasteiger partial charge in [-0.05, 0) is 43.1 Å². The average molecular weight is 442 g/mol. The van der Waals surface area contributed by atoms with Crippen LogP contribution in [-0.4, -0.2) is 28.0 Å². The second kappa shape index (κ2) is 7.85. The number of hydrogen-bond donors (Lipinski definition) is 0. The van der Waals surface area contributed by atoms with Crippen molar-refractivity contribution >= 4 is 46.5 Å². The summed E-state index contributed by atoms with van der Waals surface area (Å²) < 4.78 is 7.94. The van der Waals surface area contributed by atoms with Gasteiger partial charge in [-0.2, -0.15) is 0 Å². The number of carbonyl (C=O) groups excluding carboxylic acids is 3. The second-order valence-electron chi connectivity index (χ2n) is 8.18. The number of nitrogens with zero attached hydrogens (tertiary/aromatic N) is 2. The number of carbonyl (C=O) groups is 3. The first-order valence-corrected chi connectivity index (χ1v) is 10.9. The van der Waals surface area contributed by atoms with Crippen LogP contribution in [0, 0.1) is 12.8 Å². The van der Waals surface area contributed by atoms with E-state index in [0.717, 1.165) is 27.0 Å². The number of benzene rings is 2. The Hall–Kier alpha value is -4.00. The van der Waals surface area contributed by atoms with Crippen molar-refractivity contribution in [3.8, 4) is 5.75 Å². The fourth-order valence-electron chi connectivity index (χ4n) is 4.64. The van der Waals surface area contributed by atoms with Crippen LogP contribution in [0.4, 0.5) is 0 Å². The zero-order valence-electron chi connectivity index (χ0n) is 18.5. The molecule has 1 aliphatic carbocycles. The summed E-state index contributed by atoms with van der Waals surface area (Å²) in [6.07, 6.45) is 4.66. The van der Waals surface area contributed by atoms with Gasteiger partial charge in [0.15, 0.2) is 11.5 Å². The van der Waals surface area contributed by atoms with Gasteiger partial charge in [-0.15, -0.1) is 0 Å². The molecule has 0 amide bonds. The average Bonchev–Trinajstić information content (AvgIpc) is 3.31. The summed E-state index contributed by atoms with van der Waals surface area (Å²) in [7, 11) is 0. The van der Waals surface area contributed by atoms with Crippen molar-refractivity contribution < 1.29 is 24.0 Å². The van der Waals surface area contributed by atoms with Gasteiger partial charge in [-0.3, -0.25) is 9.59 Å². The van der Waals surface area contributed by atoms with Crippen LogP contribution in [0.25, 0.3) is 23.1 Å². The zero-order chi connectivity index (χ0) is 23.3. The highest BCUT2D eigenvalue weighted by Crippen LogP contribution is 2.34. The van der Waals surface area contributed by atoms with Gasteiger partial charge in [0, 0.05) is 35.5 Å². The van der Waals surface area contributed by atoms with E-state index in [9.17, 15) is 14.4 Å². The number of oxime groups is 1. The lowest BCUT2D eigenvalue weighted by atomic mass is 9.89. The maximum absolute atomic E-state index is 13.3. The number of aromatic nitrogens is 1. The Morgan fingerprint density at radius 2 is 2.00 bits per heavy atom. The number of ether oxygens (including phenoxy) is 1. The van der Waals surface area contributed by atoms with Gasteiger partial charge >= 0.3 is 11.9 Å². The third-order valence-corrected chi connectivity index (χ3v) is 6.15. The molecule has 7 nitrogen and oxygen atoms in total. The predicted octanol–water partition coefficient (Wildman–Crippen LogP) is 2.89. The SMILES string of the molecule is CCn1c2c(c3c4c(ccc31)C(=O)/C(=N\OC(C)=O)O4)=CC(C(=O)c1ccccc1C)CC=2. The maximum Gasteiger partial charge on any atom is 0.332 e. The summed E-state index contributed by atoms with van der Waals surface area (Å²) >= 11 is 0. The second-order valence-corrected chi connectivity index (χ2v) is 8.18. The molecule has 1 unspecified atom stereocenters. The van der Waals surface area contributed by atoms with Crippen LogP contribution in [0.15, 0.2) is 41.6 Å². The van der Waals surface area contributed by atoms with Crippen LogP contribution in [0.1, 0.15) is 46.5 Å². The first-order valence-electron chi connectivity index (χ1n) is 10.9. The lowest BCUT2D eigenvalue weighted by Crippen LogP contribution is -2.34. The number of ketones is 2.